The first kappa shape index (κ1) is 24.5. The Kier molecular flexibility index (Phi) is 6.87. The zero-order chi connectivity index (χ0) is 23.1. The lowest BCUT2D eigenvalue weighted by Gasteiger charge is -2.39. The van der Waals surface area contributed by atoms with Crippen molar-refractivity contribution in [2.24, 2.45) is 15.8 Å². The van der Waals surface area contributed by atoms with Gasteiger partial charge in [0.15, 0.2) is 0 Å². The summed E-state index contributed by atoms with van der Waals surface area (Å²) in [6, 6.07) is 6.21. The van der Waals surface area contributed by atoms with E-state index in [-0.39, 0.29) is 17.3 Å². The molecule has 0 spiro atoms. The van der Waals surface area contributed by atoms with Crippen molar-refractivity contribution in [3.05, 3.63) is 52.6 Å². The monoisotopic (exact) mass is 413 g/mol. The van der Waals surface area contributed by atoms with Gasteiger partial charge < -0.3 is 5.11 Å². The molecule has 1 atom stereocenters. The lowest BCUT2D eigenvalue weighted by atomic mass is 9.72. The van der Waals surface area contributed by atoms with E-state index in [4.69, 9.17) is 9.88 Å². The Morgan fingerprint density at radius 3 is 1.73 bits per heavy atom. The number of nitrogens with zero attached hydrogens (tertiary/aromatic N) is 1. The average molecular weight is 414 g/mol. The van der Waals surface area contributed by atoms with Crippen LogP contribution in [0.4, 0.5) is 5.69 Å². The minimum atomic E-state index is -2.01. The van der Waals surface area contributed by atoms with Crippen LogP contribution >= 0.6 is 0 Å². The van der Waals surface area contributed by atoms with Gasteiger partial charge in [0.2, 0.25) is 0 Å². The molecular formula is C26H39NO3. The second-order valence-electron chi connectivity index (χ2n) is 11.0. The normalized spacial score (nSPS) is 22.0. The van der Waals surface area contributed by atoms with Gasteiger partial charge in [-0.15, -0.1) is 0 Å². The van der Waals surface area contributed by atoms with Crippen LogP contribution in [0.15, 0.2) is 46.5 Å². The van der Waals surface area contributed by atoms with Crippen LogP contribution in [-0.4, -0.2) is 21.9 Å². The molecule has 1 aromatic carbocycles. The zero-order valence-electron chi connectivity index (χ0n) is 20.3. The Morgan fingerprint density at radius 2 is 1.37 bits per heavy atom. The van der Waals surface area contributed by atoms with Crippen LogP contribution in [0.25, 0.3) is 0 Å². The van der Waals surface area contributed by atoms with Gasteiger partial charge in [0.25, 0.3) is 5.79 Å². The largest absolute Gasteiger partial charge is 0.355 e. The first-order valence-electron chi connectivity index (χ1n) is 10.8. The number of para-hydroxylation sites is 1. The number of rotatable bonds is 4. The topological polar surface area (TPSA) is 62.1 Å². The lowest BCUT2D eigenvalue weighted by molar-refractivity contribution is -0.351. The van der Waals surface area contributed by atoms with Crippen LogP contribution in [0, 0.1) is 10.8 Å². The second-order valence-corrected chi connectivity index (χ2v) is 11.0. The number of aliphatic hydroxyl groups is 1. The fraction of sp³-hybridized carbons (Fsp3) is 0.577. The van der Waals surface area contributed by atoms with Gasteiger partial charge in [0, 0.05) is 5.57 Å². The summed E-state index contributed by atoms with van der Waals surface area (Å²) in [5.74, 6) is -1.48. The molecule has 0 radical (unpaired) electrons. The molecule has 1 aliphatic carbocycles. The van der Waals surface area contributed by atoms with Crippen molar-refractivity contribution in [1.29, 1.82) is 0 Å². The zero-order valence-corrected chi connectivity index (χ0v) is 20.3. The standard InChI is InChI=1S/C26H39NO3/c1-16(2)19-12-11-13-20(17(3)4)23(19)27-22-15-18(24(5,6)7)14-21(25(8,9)10)26(22,28)30-29/h11-17,28-29H,1-10H3. The molecular weight excluding hydrogens is 374 g/mol. The van der Waals surface area contributed by atoms with Crippen molar-refractivity contribution in [3.63, 3.8) is 0 Å². The fourth-order valence-electron chi connectivity index (χ4n) is 3.80. The van der Waals surface area contributed by atoms with E-state index in [0.717, 1.165) is 22.4 Å². The highest BCUT2D eigenvalue weighted by molar-refractivity contribution is 6.07. The molecule has 1 unspecified atom stereocenters. The molecule has 4 heteroatoms. The third-order valence-corrected chi connectivity index (χ3v) is 5.69. The predicted octanol–water partition coefficient (Wildman–Crippen LogP) is 7.14. The predicted molar refractivity (Wildman–Crippen MR) is 125 cm³/mol. The summed E-state index contributed by atoms with van der Waals surface area (Å²) in [4.78, 5) is 9.75. The summed E-state index contributed by atoms with van der Waals surface area (Å²) in [5.41, 5.74) is 4.36. The molecule has 30 heavy (non-hydrogen) atoms. The SMILES string of the molecule is CC(C)c1cccc(C(C)C)c1N=C1C=C(C(C)(C)C)C=C(C(C)(C)C)C1(O)OO. The summed E-state index contributed by atoms with van der Waals surface area (Å²) < 4.78 is 0. The van der Waals surface area contributed by atoms with Crippen molar-refractivity contribution < 1.29 is 15.3 Å². The second kappa shape index (κ2) is 8.41. The smallest absolute Gasteiger partial charge is 0.265 e. The molecule has 0 aliphatic heterocycles. The Balaban J connectivity index is 2.90. The summed E-state index contributed by atoms with van der Waals surface area (Å²) >= 11 is 0. The molecule has 0 heterocycles. The van der Waals surface area contributed by atoms with E-state index in [1.165, 1.54) is 0 Å². The van der Waals surface area contributed by atoms with Gasteiger partial charge in [0.05, 0.1) is 5.69 Å². The van der Waals surface area contributed by atoms with Gasteiger partial charge in [0.1, 0.15) is 5.71 Å². The van der Waals surface area contributed by atoms with E-state index >= 15 is 0 Å². The third kappa shape index (κ3) is 4.77. The van der Waals surface area contributed by atoms with Crippen LogP contribution in [0.1, 0.15) is 92.2 Å². The maximum absolute atomic E-state index is 11.5. The van der Waals surface area contributed by atoms with Crippen LogP contribution in [0.2, 0.25) is 0 Å². The lowest BCUT2D eigenvalue weighted by Crippen LogP contribution is -2.48. The van der Waals surface area contributed by atoms with Crippen LogP contribution in [0.3, 0.4) is 0 Å². The van der Waals surface area contributed by atoms with Gasteiger partial charge in [-0.2, -0.15) is 4.89 Å². The molecule has 1 aromatic rings. The highest BCUT2D eigenvalue weighted by Crippen LogP contribution is 2.44. The molecule has 166 valence electrons. The van der Waals surface area contributed by atoms with E-state index in [1.807, 2.05) is 32.9 Å². The van der Waals surface area contributed by atoms with Crippen molar-refractivity contribution in [2.75, 3.05) is 0 Å². The van der Waals surface area contributed by atoms with E-state index in [9.17, 15) is 10.4 Å². The van der Waals surface area contributed by atoms with E-state index in [0.29, 0.717) is 11.3 Å². The first-order chi connectivity index (χ1) is 13.6. The highest BCUT2D eigenvalue weighted by atomic mass is 17.1. The Labute approximate surface area is 182 Å². The van der Waals surface area contributed by atoms with E-state index in [2.05, 4.69) is 66.7 Å². The fourth-order valence-corrected chi connectivity index (χ4v) is 3.80. The molecule has 0 amide bonds. The minimum Gasteiger partial charge on any atom is -0.355 e. The average Bonchev–Trinajstić information content (AvgIpc) is 2.61. The third-order valence-electron chi connectivity index (χ3n) is 5.69. The number of aliphatic imine (C=N–C) groups is 1. The van der Waals surface area contributed by atoms with Crippen molar-refractivity contribution in [3.8, 4) is 0 Å². The van der Waals surface area contributed by atoms with Crippen molar-refractivity contribution in [2.45, 2.75) is 86.9 Å². The van der Waals surface area contributed by atoms with Gasteiger partial charge in [-0.3, -0.25) is 0 Å². The van der Waals surface area contributed by atoms with E-state index < -0.39 is 11.2 Å². The number of hydrogen-bond acceptors (Lipinski definition) is 4. The summed E-state index contributed by atoms with van der Waals surface area (Å²) in [7, 11) is 0. The van der Waals surface area contributed by atoms with Gasteiger partial charge in [-0.25, -0.2) is 10.2 Å². The molecule has 1 aliphatic rings. The molecule has 2 rings (SSSR count). The summed E-state index contributed by atoms with van der Waals surface area (Å²) in [5, 5.41) is 21.4. The quantitative estimate of drug-likeness (QED) is 0.313. The molecule has 0 bridgehead atoms. The van der Waals surface area contributed by atoms with Crippen molar-refractivity contribution >= 4 is 11.4 Å². The van der Waals surface area contributed by atoms with Gasteiger partial charge >= 0.3 is 0 Å². The molecule has 4 nitrogen and oxygen atoms in total. The molecule has 0 saturated carbocycles. The van der Waals surface area contributed by atoms with Gasteiger partial charge in [-0.05, 0) is 45.4 Å². The maximum Gasteiger partial charge on any atom is 0.265 e. The Bertz CT molecular complexity index is 850. The summed E-state index contributed by atoms with van der Waals surface area (Å²) in [6.45, 7) is 20.9. The first-order valence-corrected chi connectivity index (χ1v) is 10.8. The Morgan fingerprint density at radius 1 is 0.867 bits per heavy atom. The molecule has 2 N–H and O–H groups in total. The van der Waals surface area contributed by atoms with Crippen LogP contribution in [-0.2, 0) is 4.89 Å². The molecule has 0 saturated heterocycles. The van der Waals surface area contributed by atoms with Gasteiger partial charge in [-0.1, -0.05) is 93.5 Å². The number of benzene rings is 1. The Hall–Kier alpha value is -1.75. The van der Waals surface area contributed by atoms with E-state index in [1.54, 1.807) is 0 Å². The number of allylic oxidation sites excluding steroid dienone is 2. The van der Waals surface area contributed by atoms with Crippen molar-refractivity contribution in [1.82, 2.24) is 0 Å². The molecule has 0 fully saturated rings. The number of hydrogen-bond donors (Lipinski definition) is 2. The highest BCUT2D eigenvalue weighted by Gasteiger charge is 2.47. The minimum absolute atomic E-state index is 0.160. The maximum atomic E-state index is 11.5. The van der Waals surface area contributed by atoms with Crippen LogP contribution < -0.4 is 0 Å². The summed E-state index contributed by atoms with van der Waals surface area (Å²) in [6.07, 6.45) is 3.79. The van der Waals surface area contributed by atoms with Crippen LogP contribution in [0.5, 0.6) is 0 Å². The molecule has 0 aromatic heterocycles.